The van der Waals surface area contributed by atoms with Gasteiger partial charge in [-0.2, -0.15) is 5.10 Å². The molecule has 1 aromatic rings. The van der Waals surface area contributed by atoms with E-state index in [0.29, 0.717) is 19.3 Å². The molecule has 1 heterocycles. The van der Waals surface area contributed by atoms with Crippen molar-refractivity contribution in [2.75, 3.05) is 0 Å². The van der Waals surface area contributed by atoms with E-state index in [1.165, 1.54) is 0 Å². The largest absolute Gasteiger partial charge is 0.481 e. The van der Waals surface area contributed by atoms with Gasteiger partial charge in [-0.3, -0.25) is 9.48 Å². The summed E-state index contributed by atoms with van der Waals surface area (Å²) in [5.41, 5.74) is 0.123. The van der Waals surface area contributed by atoms with Crippen LogP contribution in [0.15, 0.2) is 12.4 Å². The van der Waals surface area contributed by atoms with E-state index in [1.54, 1.807) is 10.9 Å². The molecule has 1 aromatic heterocycles. The molecule has 88 valence electrons. The lowest BCUT2D eigenvalue weighted by atomic mass is 9.68. The van der Waals surface area contributed by atoms with Crippen LogP contribution in [0.2, 0.25) is 0 Å². The summed E-state index contributed by atoms with van der Waals surface area (Å²) in [6.45, 7) is 2.80. The second kappa shape index (κ2) is 3.90. The number of carboxylic acids is 1. The Morgan fingerprint density at radius 2 is 2.38 bits per heavy atom. The zero-order valence-electron chi connectivity index (χ0n) is 9.26. The maximum atomic E-state index is 10.6. The molecule has 0 spiro atoms. The summed E-state index contributed by atoms with van der Waals surface area (Å²) in [4.78, 5) is 10.6. The molecule has 5 nitrogen and oxygen atoms in total. The van der Waals surface area contributed by atoms with Crippen LogP contribution < -0.4 is 0 Å². The van der Waals surface area contributed by atoms with Gasteiger partial charge in [0.15, 0.2) is 0 Å². The van der Waals surface area contributed by atoms with Gasteiger partial charge < -0.3 is 10.2 Å². The molecule has 16 heavy (non-hydrogen) atoms. The standard InChI is InChI=1S/C11H16N2O3/c1-2-13-7-8(6-12-13)3-11(16)4-9(5-11)10(14)15/h6-7,9,16H,2-5H2,1H3,(H,14,15). The Kier molecular flexibility index (Phi) is 2.71. The highest BCUT2D eigenvalue weighted by Crippen LogP contribution is 2.40. The number of nitrogens with zero attached hydrogens (tertiary/aromatic N) is 2. The van der Waals surface area contributed by atoms with Crippen molar-refractivity contribution in [3.63, 3.8) is 0 Å². The topological polar surface area (TPSA) is 75.4 Å². The Morgan fingerprint density at radius 1 is 1.69 bits per heavy atom. The van der Waals surface area contributed by atoms with Crippen molar-refractivity contribution >= 4 is 5.97 Å². The first-order valence-electron chi connectivity index (χ1n) is 5.49. The van der Waals surface area contributed by atoms with Crippen molar-refractivity contribution in [1.29, 1.82) is 0 Å². The molecule has 2 N–H and O–H groups in total. The van der Waals surface area contributed by atoms with Crippen LogP contribution in [-0.4, -0.2) is 31.6 Å². The van der Waals surface area contributed by atoms with E-state index in [0.717, 1.165) is 12.1 Å². The number of carbonyl (C=O) groups is 1. The van der Waals surface area contributed by atoms with Crippen LogP contribution in [0.3, 0.4) is 0 Å². The summed E-state index contributed by atoms with van der Waals surface area (Å²) in [5.74, 6) is -1.19. The van der Waals surface area contributed by atoms with Crippen LogP contribution in [0, 0.1) is 5.92 Å². The van der Waals surface area contributed by atoms with Crippen molar-refractivity contribution < 1.29 is 15.0 Å². The average Bonchev–Trinajstić information content (AvgIpc) is 2.61. The molecule has 2 rings (SSSR count). The third-order valence-corrected chi connectivity index (χ3v) is 3.15. The Bertz CT molecular complexity index is 394. The predicted octanol–water partition coefficient (Wildman–Crippen LogP) is 0.671. The van der Waals surface area contributed by atoms with Crippen molar-refractivity contribution in [2.45, 2.75) is 38.3 Å². The molecule has 0 aliphatic heterocycles. The molecule has 1 aliphatic rings. The van der Waals surface area contributed by atoms with Gasteiger partial charge in [-0.05, 0) is 25.3 Å². The summed E-state index contributed by atoms with van der Waals surface area (Å²) in [6, 6.07) is 0. The molecule has 5 heteroatoms. The first-order chi connectivity index (χ1) is 7.52. The van der Waals surface area contributed by atoms with Crippen LogP contribution in [0.25, 0.3) is 0 Å². The number of aliphatic hydroxyl groups is 1. The number of rotatable bonds is 4. The van der Waals surface area contributed by atoms with Crippen LogP contribution in [-0.2, 0) is 17.8 Å². The number of aliphatic carboxylic acids is 1. The number of hydrogen-bond donors (Lipinski definition) is 2. The third kappa shape index (κ3) is 2.09. The normalized spacial score (nSPS) is 28.8. The molecule has 0 bridgehead atoms. The summed E-state index contributed by atoms with van der Waals surface area (Å²) < 4.78 is 1.80. The van der Waals surface area contributed by atoms with E-state index in [-0.39, 0.29) is 5.92 Å². The van der Waals surface area contributed by atoms with E-state index in [9.17, 15) is 9.90 Å². The van der Waals surface area contributed by atoms with Gasteiger partial charge >= 0.3 is 5.97 Å². The molecule has 0 saturated heterocycles. The zero-order chi connectivity index (χ0) is 11.8. The fourth-order valence-electron chi connectivity index (χ4n) is 2.23. The summed E-state index contributed by atoms with van der Waals surface area (Å²) in [6.07, 6.45) is 4.82. The molecular formula is C11H16N2O3. The molecule has 0 unspecified atom stereocenters. The fraction of sp³-hybridized carbons (Fsp3) is 0.636. The quantitative estimate of drug-likeness (QED) is 0.788. The number of carboxylic acid groups (broad SMARTS) is 1. The van der Waals surface area contributed by atoms with Crippen molar-refractivity contribution in [3.05, 3.63) is 18.0 Å². The van der Waals surface area contributed by atoms with Crippen LogP contribution in [0.5, 0.6) is 0 Å². The van der Waals surface area contributed by atoms with Crippen LogP contribution in [0.1, 0.15) is 25.3 Å². The van der Waals surface area contributed by atoms with Crippen molar-refractivity contribution in [1.82, 2.24) is 9.78 Å². The first-order valence-corrected chi connectivity index (χ1v) is 5.49. The van der Waals surface area contributed by atoms with E-state index < -0.39 is 11.6 Å². The monoisotopic (exact) mass is 224 g/mol. The predicted molar refractivity (Wildman–Crippen MR) is 56.9 cm³/mol. The van der Waals surface area contributed by atoms with E-state index in [4.69, 9.17) is 5.11 Å². The van der Waals surface area contributed by atoms with Gasteiger partial charge in [-0.15, -0.1) is 0 Å². The fourth-order valence-corrected chi connectivity index (χ4v) is 2.23. The van der Waals surface area contributed by atoms with Gasteiger partial charge in [0.05, 0.1) is 17.7 Å². The SMILES string of the molecule is CCn1cc(CC2(O)CC(C(=O)O)C2)cn1. The lowest BCUT2D eigenvalue weighted by molar-refractivity contribution is -0.158. The molecule has 0 amide bonds. The second-order valence-electron chi connectivity index (χ2n) is 4.55. The molecule has 1 aliphatic carbocycles. The minimum absolute atomic E-state index is 0.347. The molecular weight excluding hydrogens is 208 g/mol. The summed E-state index contributed by atoms with van der Waals surface area (Å²) >= 11 is 0. The lowest BCUT2D eigenvalue weighted by Gasteiger charge is -2.41. The van der Waals surface area contributed by atoms with Gasteiger partial charge in [0.1, 0.15) is 0 Å². The van der Waals surface area contributed by atoms with Crippen LogP contribution in [0.4, 0.5) is 0 Å². The maximum Gasteiger partial charge on any atom is 0.306 e. The van der Waals surface area contributed by atoms with E-state index >= 15 is 0 Å². The second-order valence-corrected chi connectivity index (χ2v) is 4.55. The van der Waals surface area contributed by atoms with Crippen LogP contribution >= 0.6 is 0 Å². The number of hydrogen-bond acceptors (Lipinski definition) is 3. The Morgan fingerprint density at radius 3 is 2.88 bits per heavy atom. The van der Waals surface area contributed by atoms with Gasteiger partial charge in [0.25, 0.3) is 0 Å². The molecule has 1 saturated carbocycles. The highest BCUT2D eigenvalue weighted by Gasteiger charge is 2.46. The molecule has 0 radical (unpaired) electrons. The molecule has 0 atom stereocenters. The lowest BCUT2D eigenvalue weighted by Crippen LogP contribution is -2.48. The van der Waals surface area contributed by atoms with E-state index in [1.807, 2.05) is 13.1 Å². The van der Waals surface area contributed by atoms with Gasteiger partial charge in [-0.1, -0.05) is 0 Å². The minimum atomic E-state index is -0.843. The van der Waals surface area contributed by atoms with Crippen molar-refractivity contribution in [3.8, 4) is 0 Å². The highest BCUT2D eigenvalue weighted by molar-refractivity contribution is 5.71. The van der Waals surface area contributed by atoms with Crippen molar-refractivity contribution in [2.24, 2.45) is 5.92 Å². The maximum absolute atomic E-state index is 10.6. The van der Waals surface area contributed by atoms with E-state index in [2.05, 4.69) is 5.10 Å². The minimum Gasteiger partial charge on any atom is -0.481 e. The first kappa shape index (κ1) is 11.1. The Hall–Kier alpha value is -1.36. The zero-order valence-corrected chi connectivity index (χ0v) is 9.26. The van der Waals surface area contributed by atoms with Gasteiger partial charge in [0.2, 0.25) is 0 Å². The summed E-state index contributed by atoms with van der Waals surface area (Å²) in [7, 11) is 0. The van der Waals surface area contributed by atoms with Gasteiger partial charge in [0, 0.05) is 19.2 Å². The Labute approximate surface area is 93.7 Å². The average molecular weight is 224 g/mol. The summed E-state index contributed by atoms with van der Waals surface area (Å²) in [5, 5.41) is 22.9. The third-order valence-electron chi connectivity index (χ3n) is 3.15. The molecule has 0 aromatic carbocycles. The number of aryl methyl sites for hydroxylation is 1. The highest BCUT2D eigenvalue weighted by atomic mass is 16.4. The number of aromatic nitrogens is 2. The Balaban J connectivity index is 1.93. The smallest absolute Gasteiger partial charge is 0.306 e. The molecule has 1 fully saturated rings. The van der Waals surface area contributed by atoms with Gasteiger partial charge in [-0.25, -0.2) is 0 Å².